The van der Waals surface area contributed by atoms with E-state index in [1.54, 1.807) is 43.3 Å². The molecule has 0 aliphatic rings. The third kappa shape index (κ3) is 3.71. The zero-order chi connectivity index (χ0) is 15.8. The number of esters is 1. The Labute approximate surface area is 123 Å². The summed E-state index contributed by atoms with van der Waals surface area (Å²) in [4.78, 5) is 11.8. The molecular weight excluding hydrogens is 268 g/mol. The van der Waals surface area contributed by atoms with Crippen LogP contribution in [-0.4, -0.2) is 19.7 Å². The molecule has 0 unspecified atom stereocenters. The molecule has 1 aromatic carbocycles. The number of hydrogen-bond acceptors (Lipinski definition) is 5. The largest absolute Gasteiger partial charge is 0.497 e. The molecule has 5 nitrogen and oxygen atoms in total. The van der Waals surface area contributed by atoms with Crippen molar-refractivity contribution in [2.75, 3.05) is 13.7 Å². The van der Waals surface area contributed by atoms with E-state index < -0.39 is 5.97 Å². The van der Waals surface area contributed by atoms with Crippen LogP contribution in [0.5, 0.6) is 5.75 Å². The molecule has 5 heteroatoms. The fourth-order valence-corrected chi connectivity index (χ4v) is 1.68. The zero-order valence-electron chi connectivity index (χ0n) is 11.8. The molecular formula is C16H14N2O3. The molecule has 0 N–H and O–H groups in total. The zero-order valence-corrected chi connectivity index (χ0v) is 11.8. The van der Waals surface area contributed by atoms with E-state index in [9.17, 15) is 4.79 Å². The molecule has 0 aliphatic heterocycles. The van der Waals surface area contributed by atoms with Gasteiger partial charge < -0.3 is 9.47 Å². The van der Waals surface area contributed by atoms with Crippen molar-refractivity contribution in [2.45, 2.75) is 6.92 Å². The number of ether oxygens (including phenoxy) is 2. The van der Waals surface area contributed by atoms with Crippen LogP contribution in [0.25, 0.3) is 5.57 Å². The molecule has 21 heavy (non-hydrogen) atoms. The molecule has 0 spiro atoms. The summed E-state index contributed by atoms with van der Waals surface area (Å²) in [6, 6.07) is 10.2. The van der Waals surface area contributed by atoms with E-state index in [0.29, 0.717) is 11.3 Å². The molecule has 0 amide bonds. The average molecular weight is 282 g/mol. The minimum atomic E-state index is -0.661. The van der Waals surface area contributed by atoms with Gasteiger partial charge in [-0.05, 0) is 24.6 Å². The summed E-state index contributed by atoms with van der Waals surface area (Å²) >= 11 is 0. The van der Waals surface area contributed by atoms with Gasteiger partial charge in [0.15, 0.2) is 0 Å². The second kappa shape index (κ2) is 7.52. The highest BCUT2D eigenvalue weighted by molar-refractivity contribution is 6.07. The Bertz CT molecular complexity index is 642. The molecule has 0 saturated carbocycles. The second-order valence-electron chi connectivity index (χ2n) is 3.90. The molecule has 0 saturated heterocycles. The van der Waals surface area contributed by atoms with Crippen LogP contribution in [0.3, 0.4) is 0 Å². The van der Waals surface area contributed by atoms with Crippen LogP contribution < -0.4 is 4.74 Å². The van der Waals surface area contributed by atoms with Gasteiger partial charge in [0.1, 0.15) is 23.5 Å². The number of allylic oxidation sites excluding steroid dienone is 1. The van der Waals surface area contributed by atoms with E-state index >= 15 is 0 Å². The van der Waals surface area contributed by atoms with Crippen molar-refractivity contribution in [1.82, 2.24) is 0 Å². The van der Waals surface area contributed by atoms with E-state index in [2.05, 4.69) is 6.58 Å². The van der Waals surface area contributed by atoms with E-state index in [1.165, 1.54) is 7.11 Å². The second-order valence-corrected chi connectivity index (χ2v) is 3.90. The maximum atomic E-state index is 11.8. The Kier molecular flexibility index (Phi) is 5.73. The lowest BCUT2D eigenvalue weighted by atomic mass is 9.94. The normalized spacial score (nSPS) is 8.95. The summed E-state index contributed by atoms with van der Waals surface area (Å²) < 4.78 is 9.92. The van der Waals surface area contributed by atoms with Crippen molar-refractivity contribution in [3.8, 4) is 17.9 Å². The Balaban J connectivity index is 3.38. The van der Waals surface area contributed by atoms with Crippen LogP contribution >= 0.6 is 0 Å². The van der Waals surface area contributed by atoms with Gasteiger partial charge >= 0.3 is 5.97 Å². The van der Waals surface area contributed by atoms with Crippen LogP contribution in [-0.2, 0) is 9.53 Å². The van der Waals surface area contributed by atoms with Crippen molar-refractivity contribution in [3.05, 3.63) is 47.6 Å². The third-order valence-corrected chi connectivity index (χ3v) is 2.68. The first-order valence-electron chi connectivity index (χ1n) is 6.14. The number of carbonyl (C=O) groups is 1. The lowest BCUT2D eigenvalue weighted by molar-refractivity contribution is -0.137. The van der Waals surface area contributed by atoms with Crippen LogP contribution in [0.15, 0.2) is 42.0 Å². The Morgan fingerprint density at radius 3 is 2.24 bits per heavy atom. The highest BCUT2D eigenvalue weighted by Crippen LogP contribution is 2.28. The summed E-state index contributed by atoms with van der Waals surface area (Å²) in [5.74, 6) is -0.0402. The maximum Gasteiger partial charge on any atom is 0.338 e. The lowest BCUT2D eigenvalue weighted by Gasteiger charge is -2.11. The third-order valence-electron chi connectivity index (χ3n) is 2.68. The monoisotopic (exact) mass is 282 g/mol. The van der Waals surface area contributed by atoms with Gasteiger partial charge in [-0.2, -0.15) is 10.5 Å². The molecule has 0 aliphatic carbocycles. The van der Waals surface area contributed by atoms with Gasteiger partial charge in [-0.25, -0.2) is 4.79 Å². The van der Waals surface area contributed by atoms with E-state index in [-0.39, 0.29) is 23.3 Å². The SMILES string of the molecule is C=C(C(=O)OCC)C(=C(C#N)C#N)c1ccc(OC)cc1. The molecule has 1 aromatic rings. The Morgan fingerprint density at radius 1 is 1.24 bits per heavy atom. The van der Waals surface area contributed by atoms with E-state index in [4.69, 9.17) is 20.0 Å². The highest BCUT2D eigenvalue weighted by Gasteiger charge is 2.19. The number of nitriles is 2. The average Bonchev–Trinajstić information content (AvgIpc) is 2.52. The van der Waals surface area contributed by atoms with Crippen LogP contribution in [0.1, 0.15) is 12.5 Å². The van der Waals surface area contributed by atoms with Crippen LogP contribution in [0, 0.1) is 22.7 Å². The number of carbonyl (C=O) groups excluding carboxylic acids is 1. The summed E-state index contributed by atoms with van der Waals surface area (Å²) in [6.07, 6.45) is 0. The fraction of sp³-hybridized carbons (Fsp3) is 0.188. The molecule has 106 valence electrons. The van der Waals surface area contributed by atoms with Crippen molar-refractivity contribution in [1.29, 1.82) is 10.5 Å². The van der Waals surface area contributed by atoms with Gasteiger partial charge in [0.25, 0.3) is 0 Å². The van der Waals surface area contributed by atoms with Crippen LogP contribution in [0.4, 0.5) is 0 Å². The molecule has 1 rings (SSSR count). The maximum absolute atomic E-state index is 11.8. The summed E-state index contributed by atoms with van der Waals surface area (Å²) in [5, 5.41) is 18.1. The van der Waals surface area contributed by atoms with E-state index in [1.807, 2.05) is 0 Å². The summed E-state index contributed by atoms with van der Waals surface area (Å²) in [6.45, 7) is 5.49. The van der Waals surface area contributed by atoms with Gasteiger partial charge in [-0.1, -0.05) is 18.7 Å². The van der Waals surface area contributed by atoms with Gasteiger partial charge in [0.2, 0.25) is 0 Å². The fourth-order valence-electron chi connectivity index (χ4n) is 1.68. The first-order chi connectivity index (χ1) is 10.1. The lowest BCUT2D eigenvalue weighted by Crippen LogP contribution is -2.09. The quantitative estimate of drug-likeness (QED) is 0.359. The molecule has 0 radical (unpaired) electrons. The van der Waals surface area contributed by atoms with Gasteiger partial charge in [-0.15, -0.1) is 0 Å². The van der Waals surface area contributed by atoms with E-state index in [0.717, 1.165) is 0 Å². The van der Waals surface area contributed by atoms with Crippen molar-refractivity contribution < 1.29 is 14.3 Å². The molecule has 0 fully saturated rings. The molecule has 0 heterocycles. The number of hydrogen-bond donors (Lipinski definition) is 0. The predicted octanol–water partition coefficient (Wildman–Crippen LogP) is 2.62. The molecule has 0 atom stereocenters. The number of rotatable bonds is 5. The van der Waals surface area contributed by atoms with Crippen molar-refractivity contribution in [2.24, 2.45) is 0 Å². The molecule has 0 bridgehead atoms. The number of methoxy groups -OCH3 is 1. The predicted molar refractivity (Wildman–Crippen MR) is 76.9 cm³/mol. The number of benzene rings is 1. The minimum Gasteiger partial charge on any atom is -0.497 e. The smallest absolute Gasteiger partial charge is 0.338 e. The Morgan fingerprint density at radius 2 is 1.81 bits per heavy atom. The number of nitrogens with zero attached hydrogens (tertiary/aromatic N) is 2. The topological polar surface area (TPSA) is 83.1 Å². The van der Waals surface area contributed by atoms with Gasteiger partial charge in [-0.3, -0.25) is 0 Å². The molecule has 0 aromatic heterocycles. The minimum absolute atomic E-state index is 0.0277. The van der Waals surface area contributed by atoms with Gasteiger partial charge in [0, 0.05) is 5.57 Å². The summed E-state index contributed by atoms with van der Waals surface area (Å²) in [5.41, 5.74) is 0.464. The van der Waals surface area contributed by atoms with Crippen LogP contribution in [0.2, 0.25) is 0 Å². The van der Waals surface area contributed by atoms with Gasteiger partial charge in [0.05, 0.1) is 19.3 Å². The van der Waals surface area contributed by atoms with Crippen molar-refractivity contribution >= 4 is 11.5 Å². The standard InChI is InChI=1S/C16H14N2O3/c1-4-21-16(19)11(2)15(13(9-17)10-18)12-5-7-14(20-3)8-6-12/h5-8H,2,4H2,1,3H3. The summed E-state index contributed by atoms with van der Waals surface area (Å²) in [7, 11) is 1.53. The first kappa shape index (κ1) is 16.0. The highest BCUT2D eigenvalue weighted by atomic mass is 16.5. The Hall–Kier alpha value is -3.05. The first-order valence-corrected chi connectivity index (χ1v) is 6.14. The van der Waals surface area contributed by atoms with Crippen molar-refractivity contribution in [3.63, 3.8) is 0 Å².